The van der Waals surface area contributed by atoms with Crippen LogP contribution in [0.25, 0.3) is 0 Å². The van der Waals surface area contributed by atoms with Gasteiger partial charge in [0.25, 0.3) is 0 Å². The van der Waals surface area contributed by atoms with Crippen LogP contribution in [-0.2, 0) is 4.74 Å². The molecule has 0 aromatic carbocycles. The molecule has 0 aliphatic heterocycles. The summed E-state index contributed by atoms with van der Waals surface area (Å²) < 4.78 is 4.98. The molecule has 0 bridgehead atoms. The molecule has 0 amide bonds. The Labute approximate surface area is 51.4 Å². The van der Waals surface area contributed by atoms with Gasteiger partial charge in [0.1, 0.15) is 0 Å². The molecule has 0 saturated carbocycles. The molecule has 0 aliphatic carbocycles. The molecule has 0 rings (SSSR count). The van der Waals surface area contributed by atoms with Crippen LogP contribution in [0.15, 0.2) is 12.3 Å². The van der Waals surface area contributed by atoms with E-state index in [4.69, 9.17) is 4.74 Å². The highest BCUT2D eigenvalue weighted by Crippen LogP contribution is 1.83. The molecule has 0 aliphatic rings. The maximum absolute atomic E-state index is 4.98. The van der Waals surface area contributed by atoms with Gasteiger partial charge in [0.2, 0.25) is 0 Å². The van der Waals surface area contributed by atoms with Crippen molar-refractivity contribution in [2.45, 2.75) is 19.8 Å². The van der Waals surface area contributed by atoms with Crippen molar-refractivity contribution >= 4 is 0 Å². The third-order valence-electron chi connectivity index (χ3n) is 0.690. The van der Waals surface area contributed by atoms with E-state index in [0.29, 0.717) is 0 Å². The lowest BCUT2D eigenvalue weighted by Gasteiger charge is -1.92. The molecule has 0 saturated heterocycles. The van der Waals surface area contributed by atoms with Crippen molar-refractivity contribution in [3.63, 3.8) is 0 Å². The summed E-state index contributed by atoms with van der Waals surface area (Å²) in [7, 11) is 0. The highest BCUT2D eigenvalue weighted by molar-refractivity contribution is 4.70. The van der Waals surface area contributed by atoms with Crippen LogP contribution < -0.4 is 0 Å². The van der Waals surface area contributed by atoms with E-state index in [2.05, 4.69) is 13.8 Å². The zero-order valence-electron chi connectivity index (χ0n) is 5.39. The maximum atomic E-state index is 4.98. The van der Waals surface area contributed by atoms with Gasteiger partial charge in [0.15, 0.2) is 0 Å². The van der Waals surface area contributed by atoms with Crippen LogP contribution in [0.5, 0.6) is 0 Å². The van der Waals surface area contributed by atoms with Crippen molar-refractivity contribution in [1.29, 1.82) is 0 Å². The minimum absolute atomic E-state index is 0.733. The van der Waals surface area contributed by atoms with Crippen molar-refractivity contribution in [2.75, 3.05) is 6.61 Å². The summed E-state index contributed by atoms with van der Waals surface area (Å²) in [4.78, 5) is 0. The highest BCUT2D eigenvalue weighted by atomic mass is 16.5. The zero-order chi connectivity index (χ0) is 6.24. The topological polar surface area (TPSA) is 9.23 Å². The Bertz CT molecular complexity index is 57.4. The van der Waals surface area contributed by atoms with Crippen LogP contribution in [0.3, 0.4) is 0 Å². The fourth-order valence-corrected chi connectivity index (χ4v) is 0.316. The van der Waals surface area contributed by atoms with E-state index in [9.17, 15) is 0 Å². The number of hydrogen-bond donors (Lipinski definition) is 0. The fourth-order valence-electron chi connectivity index (χ4n) is 0.316. The van der Waals surface area contributed by atoms with E-state index < -0.39 is 0 Å². The van der Waals surface area contributed by atoms with Crippen molar-refractivity contribution in [1.82, 2.24) is 0 Å². The molecule has 1 nitrogen and oxygen atoms in total. The second-order valence-corrected chi connectivity index (χ2v) is 1.50. The van der Waals surface area contributed by atoms with E-state index in [1.807, 2.05) is 6.08 Å². The summed E-state index contributed by atoms with van der Waals surface area (Å²) in [5.74, 6) is 0. The standard InChI is InChI=1S/C7H13O/c1-3-5-7-8-6-4-2/h5,7H,2-4,6H2,1H3/b7-5+. The summed E-state index contributed by atoms with van der Waals surface area (Å²) in [6.07, 6.45) is 5.59. The quantitative estimate of drug-likeness (QED) is 0.401. The van der Waals surface area contributed by atoms with Gasteiger partial charge in [-0.15, -0.1) is 0 Å². The molecule has 0 aromatic rings. The Kier molecular flexibility index (Phi) is 6.16. The Hall–Kier alpha value is -0.460. The molecule has 8 heavy (non-hydrogen) atoms. The smallest absolute Gasteiger partial charge is 0.0873 e. The lowest BCUT2D eigenvalue weighted by atomic mass is 10.5. The summed E-state index contributed by atoms with van der Waals surface area (Å²) in [6, 6.07) is 0. The molecule has 0 aromatic heterocycles. The van der Waals surface area contributed by atoms with Gasteiger partial charge in [-0.1, -0.05) is 13.0 Å². The lowest BCUT2D eigenvalue weighted by Crippen LogP contribution is -1.81. The third-order valence-corrected chi connectivity index (χ3v) is 0.690. The average molecular weight is 113 g/mol. The van der Waals surface area contributed by atoms with Crippen LogP contribution in [0, 0.1) is 6.92 Å². The minimum atomic E-state index is 0.733. The molecule has 0 fully saturated rings. The largest absolute Gasteiger partial charge is 0.502 e. The SMILES string of the molecule is [CH2]CCO/C=C/CC. The minimum Gasteiger partial charge on any atom is -0.502 e. The molecule has 1 radical (unpaired) electrons. The van der Waals surface area contributed by atoms with Crippen molar-refractivity contribution < 1.29 is 4.74 Å². The summed E-state index contributed by atoms with van der Waals surface area (Å²) in [5.41, 5.74) is 0. The second kappa shape index (κ2) is 6.54. The first-order valence-corrected chi connectivity index (χ1v) is 2.97. The maximum Gasteiger partial charge on any atom is 0.0873 e. The van der Waals surface area contributed by atoms with Crippen LogP contribution in [0.2, 0.25) is 0 Å². The first-order chi connectivity index (χ1) is 3.91. The average Bonchev–Trinajstić information content (AvgIpc) is 1.81. The van der Waals surface area contributed by atoms with Crippen LogP contribution in [-0.4, -0.2) is 6.61 Å². The van der Waals surface area contributed by atoms with E-state index in [1.165, 1.54) is 0 Å². The monoisotopic (exact) mass is 113 g/mol. The van der Waals surface area contributed by atoms with E-state index in [-0.39, 0.29) is 0 Å². The van der Waals surface area contributed by atoms with E-state index in [1.54, 1.807) is 6.26 Å². The zero-order valence-corrected chi connectivity index (χ0v) is 5.39. The summed E-state index contributed by atoms with van der Waals surface area (Å²) in [5, 5.41) is 0. The second-order valence-electron chi connectivity index (χ2n) is 1.50. The van der Waals surface area contributed by atoms with Crippen molar-refractivity contribution in [3.05, 3.63) is 19.3 Å². The third kappa shape index (κ3) is 5.54. The van der Waals surface area contributed by atoms with Crippen LogP contribution >= 0.6 is 0 Å². The molecule has 1 heteroatoms. The number of hydrogen-bond acceptors (Lipinski definition) is 1. The number of ether oxygens (including phenoxy) is 1. The molecule has 0 heterocycles. The van der Waals surface area contributed by atoms with Crippen LogP contribution in [0.4, 0.5) is 0 Å². The molecule has 0 atom stereocenters. The Morgan fingerprint density at radius 1 is 1.62 bits per heavy atom. The van der Waals surface area contributed by atoms with Gasteiger partial charge >= 0.3 is 0 Å². The van der Waals surface area contributed by atoms with Gasteiger partial charge < -0.3 is 4.74 Å². The molecule has 0 N–H and O–H groups in total. The van der Waals surface area contributed by atoms with E-state index >= 15 is 0 Å². The Morgan fingerprint density at radius 3 is 2.88 bits per heavy atom. The predicted molar refractivity (Wildman–Crippen MR) is 35.4 cm³/mol. The Balaban J connectivity index is 2.80. The predicted octanol–water partition coefficient (Wildman–Crippen LogP) is 2.15. The molecule has 0 unspecified atom stereocenters. The first kappa shape index (κ1) is 7.54. The summed E-state index contributed by atoms with van der Waals surface area (Å²) >= 11 is 0. The Morgan fingerprint density at radius 2 is 2.38 bits per heavy atom. The summed E-state index contributed by atoms with van der Waals surface area (Å²) in [6.45, 7) is 6.43. The number of allylic oxidation sites excluding steroid dienone is 1. The van der Waals surface area contributed by atoms with Gasteiger partial charge in [0.05, 0.1) is 12.9 Å². The molecule has 47 valence electrons. The molecule has 0 spiro atoms. The molecular formula is C7H13O. The van der Waals surface area contributed by atoms with Gasteiger partial charge in [-0.05, 0) is 19.8 Å². The highest BCUT2D eigenvalue weighted by Gasteiger charge is 1.72. The fraction of sp³-hybridized carbons (Fsp3) is 0.571. The number of rotatable bonds is 4. The van der Waals surface area contributed by atoms with Crippen LogP contribution in [0.1, 0.15) is 19.8 Å². The van der Waals surface area contributed by atoms with Crippen molar-refractivity contribution in [3.8, 4) is 0 Å². The lowest BCUT2D eigenvalue weighted by molar-refractivity contribution is 0.254. The van der Waals surface area contributed by atoms with E-state index in [0.717, 1.165) is 19.4 Å². The van der Waals surface area contributed by atoms with Gasteiger partial charge in [0, 0.05) is 0 Å². The van der Waals surface area contributed by atoms with Gasteiger partial charge in [-0.25, -0.2) is 0 Å². The first-order valence-electron chi connectivity index (χ1n) is 2.97. The normalized spacial score (nSPS) is 10.2. The van der Waals surface area contributed by atoms with Gasteiger partial charge in [-0.3, -0.25) is 0 Å². The molecular weight excluding hydrogens is 100 g/mol. The van der Waals surface area contributed by atoms with Gasteiger partial charge in [-0.2, -0.15) is 0 Å². The van der Waals surface area contributed by atoms with Crippen molar-refractivity contribution in [2.24, 2.45) is 0 Å².